The SMILES string of the molecule is c1ccc(COCCCCCCc2ccccc2P(c2ccccc2)c2ccccc2)cc1. The second-order valence-corrected chi connectivity index (χ2v) is 10.5. The highest BCUT2D eigenvalue weighted by molar-refractivity contribution is 7.79. The molecule has 0 radical (unpaired) electrons. The predicted molar refractivity (Wildman–Crippen MR) is 143 cm³/mol. The molecule has 0 aliphatic heterocycles. The molecule has 0 amide bonds. The first-order chi connectivity index (χ1) is 16.4. The van der Waals surface area contributed by atoms with Gasteiger partial charge in [0.25, 0.3) is 0 Å². The van der Waals surface area contributed by atoms with E-state index in [9.17, 15) is 0 Å². The minimum Gasteiger partial charge on any atom is -0.377 e. The van der Waals surface area contributed by atoms with Crippen molar-refractivity contribution in [3.8, 4) is 0 Å². The summed E-state index contributed by atoms with van der Waals surface area (Å²) in [5.74, 6) is 0. The van der Waals surface area contributed by atoms with Crippen LogP contribution in [0, 0.1) is 0 Å². The van der Waals surface area contributed by atoms with Crippen LogP contribution in [0.25, 0.3) is 0 Å². The van der Waals surface area contributed by atoms with Crippen LogP contribution in [-0.4, -0.2) is 6.61 Å². The number of hydrogen-bond acceptors (Lipinski definition) is 1. The topological polar surface area (TPSA) is 9.23 Å². The summed E-state index contributed by atoms with van der Waals surface area (Å²) in [5.41, 5.74) is 2.75. The molecule has 0 atom stereocenters. The summed E-state index contributed by atoms with van der Waals surface area (Å²) in [6, 6.07) is 41.5. The molecule has 0 bridgehead atoms. The van der Waals surface area contributed by atoms with E-state index < -0.39 is 7.92 Å². The van der Waals surface area contributed by atoms with Crippen molar-refractivity contribution in [3.05, 3.63) is 126 Å². The van der Waals surface area contributed by atoms with Crippen LogP contribution in [0.3, 0.4) is 0 Å². The van der Waals surface area contributed by atoms with Crippen LogP contribution in [0.4, 0.5) is 0 Å². The van der Waals surface area contributed by atoms with Gasteiger partial charge in [0.1, 0.15) is 0 Å². The van der Waals surface area contributed by atoms with Crippen molar-refractivity contribution < 1.29 is 4.74 Å². The van der Waals surface area contributed by atoms with Gasteiger partial charge in [-0.25, -0.2) is 0 Å². The maximum absolute atomic E-state index is 5.84. The van der Waals surface area contributed by atoms with E-state index in [1.807, 2.05) is 6.07 Å². The molecule has 0 unspecified atom stereocenters. The van der Waals surface area contributed by atoms with Crippen molar-refractivity contribution >= 4 is 23.8 Å². The fourth-order valence-electron chi connectivity index (χ4n) is 4.16. The van der Waals surface area contributed by atoms with Gasteiger partial charge in [-0.2, -0.15) is 0 Å². The van der Waals surface area contributed by atoms with E-state index in [2.05, 4.69) is 109 Å². The fraction of sp³-hybridized carbons (Fsp3) is 0.226. The molecule has 0 saturated heterocycles. The van der Waals surface area contributed by atoms with Crippen LogP contribution >= 0.6 is 7.92 Å². The summed E-state index contributed by atoms with van der Waals surface area (Å²) in [4.78, 5) is 0. The first kappa shape index (κ1) is 23.4. The van der Waals surface area contributed by atoms with Gasteiger partial charge in [0.15, 0.2) is 0 Å². The lowest BCUT2D eigenvalue weighted by molar-refractivity contribution is 0.117. The van der Waals surface area contributed by atoms with Crippen molar-refractivity contribution in [1.29, 1.82) is 0 Å². The number of ether oxygens (including phenoxy) is 1. The average molecular weight is 453 g/mol. The van der Waals surface area contributed by atoms with Crippen LogP contribution in [0.2, 0.25) is 0 Å². The standard InChI is InChI=1S/C31H33OP/c1(2-15-25-32-26-27-16-6-3-7-17-27)8-18-28-19-13-14-24-31(28)33(29-20-9-4-10-21-29)30-22-11-5-12-23-30/h3-7,9-14,16-17,19-24H,1-2,8,15,18,25-26H2. The van der Waals surface area contributed by atoms with E-state index in [0.29, 0.717) is 0 Å². The Kier molecular flexibility index (Phi) is 9.29. The average Bonchev–Trinajstić information content (AvgIpc) is 2.88. The lowest BCUT2D eigenvalue weighted by Crippen LogP contribution is -2.23. The van der Waals surface area contributed by atoms with Gasteiger partial charge in [-0.15, -0.1) is 0 Å². The lowest BCUT2D eigenvalue weighted by atomic mass is 10.1. The van der Waals surface area contributed by atoms with Gasteiger partial charge in [-0.3, -0.25) is 0 Å². The number of rotatable bonds is 12. The molecule has 4 aromatic carbocycles. The van der Waals surface area contributed by atoms with Crippen molar-refractivity contribution in [3.63, 3.8) is 0 Å². The summed E-state index contributed by atoms with van der Waals surface area (Å²) < 4.78 is 5.84. The fourth-order valence-corrected chi connectivity index (χ4v) is 6.66. The summed E-state index contributed by atoms with van der Waals surface area (Å²) in [7, 11) is -0.541. The smallest absolute Gasteiger partial charge is 0.0716 e. The quantitative estimate of drug-likeness (QED) is 0.170. The first-order valence-electron chi connectivity index (χ1n) is 12.0. The molecule has 0 N–H and O–H groups in total. The van der Waals surface area contributed by atoms with E-state index in [1.165, 1.54) is 46.3 Å². The molecule has 0 heterocycles. The van der Waals surface area contributed by atoms with Gasteiger partial charge in [0, 0.05) is 6.61 Å². The van der Waals surface area contributed by atoms with Crippen molar-refractivity contribution in [2.24, 2.45) is 0 Å². The second kappa shape index (κ2) is 13.1. The largest absolute Gasteiger partial charge is 0.377 e. The van der Waals surface area contributed by atoms with Crippen LogP contribution in [0.1, 0.15) is 36.8 Å². The Hall–Kier alpha value is -2.73. The van der Waals surface area contributed by atoms with E-state index >= 15 is 0 Å². The van der Waals surface area contributed by atoms with E-state index in [-0.39, 0.29) is 0 Å². The summed E-state index contributed by atoms with van der Waals surface area (Å²) in [6.45, 7) is 1.57. The molecule has 0 spiro atoms. The summed E-state index contributed by atoms with van der Waals surface area (Å²) in [6.07, 6.45) is 5.97. The van der Waals surface area contributed by atoms with Gasteiger partial charge in [-0.1, -0.05) is 128 Å². The Morgan fingerprint density at radius 3 is 1.73 bits per heavy atom. The third kappa shape index (κ3) is 7.13. The number of benzene rings is 4. The highest BCUT2D eigenvalue weighted by Gasteiger charge is 2.18. The van der Waals surface area contributed by atoms with Gasteiger partial charge in [0.2, 0.25) is 0 Å². The zero-order valence-electron chi connectivity index (χ0n) is 19.3. The Bertz CT molecular complexity index is 1020. The minimum absolute atomic E-state index is 0.541. The molecule has 0 fully saturated rings. The maximum Gasteiger partial charge on any atom is 0.0716 e. The third-order valence-electron chi connectivity index (χ3n) is 5.86. The predicted octanol–water partition coefficient (Wildman–Crippen LogP) is 6.76. The molecule has 0 aliphatic carbocycles. The van der Waals surface area contributed by atoms with E-state index in [1.54, 1.807) is 0 Å². The Labute approximate surface area is 200 Å². The first-order valence-corrected chi connectivity index (χ1v) is 13.4. The van der Waals surface area contributed by atoms with E-state index in [4.69, 9.17) is 4.74 Å². The van der Waals surface area contributed by atoms with Crippen LogP contribution in [0.15, 0.2) is 115 Å². The molecule has 1 nitrogen and oxygen atoms in total. The van der Waals surface area contributed by atoms with Gasteiger partial charge in [-0.05, 0) is 54.2 Å². The summed E-state index contributed by atoms with van der Waals surface area (Å²) in [5, 5.41) is 4.33. The molecule has 2 heteroatoms. The zero-order chi connectivity index (χ0) is 22.6. The molecule has 4 rings (SSSR count). The molecule has 0 aliphatic rings. The van der Waals surface area contributed by atoms with Crippen LogP contribution < -0.4 is 15.9 Å². The molecule has 0 saturated carbocycles. The minimum atomic E-state index is -0.541. The molecular formula is C31H33OP. The zero-order valence-corrected chi connectivity index (χ0v) is 20.2. The maximum atomic E-state index is 5.84. The Balaban J connectivity index is 1.32. The highest BCUT2D eigenvalue weighted by Crippen LogP contribution is 2.34. The number of hydrogen-bond donors (Lipinski definition) is 0. The third-order valence-corrected chi connectivity index (χ3v) is 8.40. The van der Waals surface area contributed by atoms with Crippen molar-refractivity contribution in [2.75, 3.05) is 6.61 Å². The second-order valence-electron chi connectivity index (χ2n) is 8.34. The molecule has 33 heavy (non-hydrogen) atoms. The Morgan fingerprint density at radius 1 is 0.515 bits per heavy atom. The highest BCUT2D eigenvalue weighted by atomic mass is 31.1. The number of aryl methyl sites for hydroxylation is 1. The van der Waals surface area contributed by atoms with Crippen LogP contribution in [-0.2, 0) is 17.8 Å². The molecule has 0 aromatic heterocycles. The monoisotopic (exact) mass is 452 g/mol. The molecule has 168 valence electrons. The van der Waals surface area contributed by atoms with Crippen molar-refractivity contribution in [2.45, 2.75) is 38.7 Å². The molecular weight excluding hydrogens is 419 g/mol. The van der Waals surface area contributed by atoms with Crippen molar-refractivity contribution in [1.82, 2.24) is 0 Å². The van der Waals surface area contributed by atoms with Gasteiger partial charge < -0.3 is 4.74 Å². The summed E-state index contributed by atoms with van der Waals surface area (Å²) >= 11 is 0. The molecule has 4 aromatic rings. The normalized spacial score (nSPS) is 11.1. The Morgan fingerprint density at radius 2 is 1.06 bits per heavy atom. The number of unbranched alkanes of at least 4 members (excludes halogenated alkanes) is 3. The van der Waals surface area contributed by atoms with Gasteiger partial charge in [0.05, 0.1) is 6.61 Å². The van der Waals surface area contributed by atoms with E-state index in [0.717, 1.165) is 26.1 Å². The van der Waals surface area contributed by atoms with Gasteiger partial charge >= 0.3 is 0 Å². The lowest BCUT2D eigenvalue weighted by Gasteiger charge is -2.22. The van der Waals surface area contributed by atoms with Crippen LogP contribution in [0.5, 0.6) is 0 Å².